The van der Waals surface area contributed by atoms with Crippen LogP contribution in [0, 0.1) is 5.82 Å². The first-order chi connectivity index (χ1) is 8.57. The summed E-state index contributed by atoms with van der Waals surface area (Å²) >= 11 is 0. The normalized spacial score (nSPS) is 19.7. The second-order valence-corrected chi connectivity index (χ2v) is 5.22. The summed E-state index contributed by atoms with van der Waals surface area (Å²) in [5.41, 5.74) is 6.21. The molecule has 0 spiro atoms. The number of benzene rings is 1. The van der Waals surface area contributed by atoms with Gasteiger partial charge in [0, 0.05) is 11.6 Å². The third kappa shape index (κ3) is 3.68. The van der Waals surface area contributed by atoms with E-state index in [9.17, 15) is 4.39 Å². The lowest BCUT2D eigenvalue weighted by molar-refractivity contribution is 0.159. The number of hydrogen-bond acceptors (Lipinski definition) is 3. The van der Waals surface area contributed by atoms with Crippen molar-refractivity contribution in [2.24, 2.45) is 5.73 Å². The van der Waals surface area contributed by atoms with Crippen molar-refractivity contribution < 1.29 is 9.13 Å². The first kappa shape index (κ1) is 13.3. The molecule has 4 heteroatoms. The Morgan fingerprint density at radius 3 is 2.78 bits per heavy atom. The van der Waals surface area contributed by atoms with E-state index in [1.807, 2.05) is 0 Å². The van der Waals surface area contributed by atoms with Crippen molar-refractivity contribution in [3.05, 3.63) is 30.1 Å². The molecular formula is C14H21FN2O. The molecule has 100 valence electrons. The minimum absolute atomic E-state index is 0.125. The van der Waals surface area contributed by atoms with E-state index >= 15 is 0 Å². The third-order valence-electron chi connectivity index (χ3n) is 3.65. The molecule has 2 N–H and O–H groups in total. The maximum absolute atomic E-state index is 13.0. The quantitative estimate of drug-likeness (QED) is 0.891. The summed E-state index contributed by atoms with van der Waals surface area (Å²) in [5.74, 6) is 0.306. The van der Waals surface area contributed by atoms with Gasteiger partial charge in [0.2, 0.25) is 0 Å². The molecule has 1 aromatic rings. The zero-order chi connectivity index (χ0) is 13.0. The van der Waals surface area contributed by atoms with Crippen LogP contribution in [-0.2, 0) is 0 Å². The second kappa shape index (κ2) is 5.67. The molecular weight excluding hydrogens is 231 g/mol. The predicted molar refractivity (Wildman–Crippen MR) is 70.2 cm³/mol. The van der Waals surface area contributed by atoms with E-state index in [2.05, 4.69) is 11.9 Å². The van der Waals surface area contributed by atoms with Gasteiger partial charge in [-0.3, -0.25) is 0 Å². The smallest absolute Gasteiger partial charge is 0.126 e. The first-order valence-electron chi connectivity index (χ1n) is 6.43. The van der Waals surface area contributed by atoms with Gasteiger partial charge in [-0.05, 0) is 51.5 Å². The van der Waals surface area contributed by atoms with E-state index in [1.165, 1.54) is 12.1 Å². The highest BCUT2D eigenvalue weighted by Crippen LogP contribution is 2.23. The number of halogens is 1. The van der Waals surface area contributed by atoms with Crippen molar-refractivity contribution >= 4 is 0 Å². The van der Waals surface area contributed by atoms with Gasteiger partial charge in [-0.25, -0.2) is 4.39 Å². The number of nitrogens with two attached hydrogens (primary N) is 1. The Morgan fingerprint density at radius 2 is 2.11 bits per heavy atom. The fourth-order valence-corrected chi connectivity index (χ4v) is 2.24. The SMILES string of the molecule is CN1CCC(N)(CCOc2cccc(F)c2)CC1. The van der Waals surface area contributed by atoms with E-state index in [1.54, 1.807) is 12.1 Å². The van der Waals surface area contributed by atoms with Crippen LogP contribution < -0.4 is 10.5 Å². The average Bonchev–Trinajstić information content (AvgIpc) is 2.34. The number of likely N-dealkylation sites (tertiary alicyclic amines) is 1. The molecule has 18 heavy (non-hydrogen) atoms. The molecule has 0 radical (unpaired) electrons. The Balaban J connectivity index is 1.78. The number of ether oxygens (including phenoxy) is 1. The highest BCUT2D eigenvalue weighted by atomic mass is 19.1. The van der Waals surface area contributed by atoms with Crippen LogP contribution in [0.4, 0.5) is 4.39 Å². The third-order valence-corrected chi connectivity index (χ3v) is 3.65. The highest BCUT2D eigenvalue weighted by molar-refractivity contribution is 5.22. The Hall–Kier alpha value is -1.13. The van der Waals surface area contributed by atoms with Gasteiger partial charge in [0.05, 0.1) is 6.61 Å². The molecule has 1 aliphatic heterocycles. The van der Waals surface area contributed by atoms with E-state index in [-0.39, 0.29) is 11.4 Å². The predicted octanol–water partition coefficient (Wildman–Crippen LogP) is 2.02. The van der Waals surface area contributed by atoms with Crippen molar-refractivity contribution in [2.75, 3.05) is 26.7 Å². The van der Waals surface area contributed by atoms with Gasteiger partial charge in [-0.2, -0.15) is 0 Å². The Labute approximate surface area is 108 Å². The first-order valence-corrected chi connectivity index (χ1v) is 6.43. The summed E-state index contributed by atoms with van der Waals surface area (Å²) in [5, 5.41) is 0. The number of rotatable bonds is 4. The molecule has 1 aliphatic rings. The van der Waals surface area contributed by atoms with Crippen LogP contribution in [-0.4, -0.2) is 37.2 Å². The van der Waals surface area contributed by atoms with Crippen molar-refractivity contribution in [2.45, 2.75) is 24.8 Å². The van der Waals surface area contributed by atoms with Gasteiger partial charge in [-0.15, -0.1) is 0 Å². The number of nitrogens with zero attached hydrogens (tertiary/aromatic N) is 1. The van der Waals surface area contributed by atoms with Gasteiger partial charge in [0.1, 0.15) is 11.6 Å². The molecule has 3 nitrogen and oxygen atoms in total. The molecule has 2 rings (SSSR count). The molecule has 0 atom stereocenters. The summed E-state index contributed by atoms with van der Waals surface area (Å²) in [6, 6.07) is 6.23. The zero-order valence-electron chi connectivity index (χ0n) is 10.9. The maximum atomic E-state index is 13.0. The molecule has 1 heterocycles. The molecule has 0 bridgehead atoms. The van der Waals surface area contributed by atoms with Gasteiger partial charge < -0.3 is 15.4 Å². The van der Waals surface area contributed by atoms with Gasteiger partial charge in [0.25, 0.3) is 0 Å². The molecule has 0 aromatic heterocycles. The van der Waals surface area contributed by atoms with Crippen molar-refractivity contribution in [3.63, 3.8) is 0 Å². The molecule has 1 fully saturated rings. The van der Waals surface area contributed by atoms with Gasteiger partial charge in [0.15, 0.2) is 0 Å². The summed E-state index contributed by atoms with van der Waals surface area (Å²) in [4.78, 5) is 2.29. The summed E-state index contributed by atoms with van der Waals surface area (Å²) in [7, 11) is 2.11. The van der Waals surface area contributed by atoms with Crippen LogP contribution in [0.1, 0.15) is 19.3 Å². The lowest BCUT2D eigenvalue weighted by Gasteiger charge is -2.37. The standard InChI is InChI=1S/C14H21FN2O/c1-17-8-5-14(16,6-9-17)7-10-18-13-4-2-3-12(15)11-13/h2-4,11H,5-10,16H2,1H3. The lowest BCUT2D eigenvalue weighted by atomic mass is 9.86. The summed E-state index contributed by atoms with van der Waals surface area (Å²) < 4.78 is 18.5. The Kier molecular flexibility index (Phi) is 4.19. The summed E-state index contributed by atoms with van der Waals surface area (Å²) in [6.07, 6.45) is 2.81. The minimum Gasteiger partial charge on any atom is -0.493 e. The maximum Gasteiger partial charge on any atom is 0.126 e. The largest absolute Gasteiger partial charge is 0.493 e. The van der Waals surface area contributed by atoms with Crippen LogP contribution in [0.25, 0.3) is 0 Å². The molecule has 1 aromatic carbocycles. The monoisotopic (exact) mass is 252 g/mol. The van der Waals surface area contributed by atoms with E-state index < -0.39 is 0 Å². The number of piperidine rings is 1. The molecule has 1 saturated heterocycles. The molecule has 0 aliphatic carbocycles. The van der Waals surface area contributed by atoms with E-state index in [4.69, 9.17) is 10.5 Å². The lowest BCUT2D eigenvalue weighted by Crippen LogP contribution is -2.50. The van der Waals surface area contributed by atoms with Crippen LogP contribution in [0.5, 0.6) is 5.75 Å². The van der Waals surface area contributed by atoms with Crippen molar-refractivity contribution in [3.8, 4) is 5.75 Å². The molecule has 0 amide bonds. The van der Waals surface area contributed by atoms with Gasteiger partial charge >= 0.3 is 0 Å². The fourth-order valence-electron chi connectivity index (χ4n) is 2.24. The van der Waals surface area contributed by atoms with Crippen LogP contribution in [0.2, 0.25) is 0 Å². The van der Waals surface area contributed by atoms with Crippen LogP contribution in [0.3, 0.4) is 0 Å². The van der Waals surface area contributed by atoms with Crippen LogP contribution >= 0.6 is 0 Å². The number of hydrogen-bond donors (Lipinski definition) is 1. The average molecular weight is 252 g/mol. The minimum atomic E-state index is -0.269. The zero-order valence-corrected chi connectivity index (χ0v) is 10.9. The van der Waals surface area contributed by atoms with Gasteiger partial charge in [-0.1, -0.05) is 6.07 Å². The molecule has 0 unspecified atom stereocenters. The van der Waals surface area contributed by atoms with E-state index in [0.717, 1.165) is 32.4 Å². The Morgan fingerprint density at radius 1 is 1.39 bits per heavy atom. The summed E-state index contributed by atoms with van der Waals surface area (Å²) in [6.45, 7) is 2.62. The second-order valence-electron chi connectivity index (χ2n) is 5.22. The van der Waals surface area contributed by atoms with E-state index in [0.29, 0.717) is 12.4 Å². The van der Waals surface area contributed by atoms with Crippen molar-refractivity contribution in [1.82, 2.24) is 4.90 Å². The fraction of sp³-hybridized carbons (Fsp3) is 0.571. The topological polar surface area (TPSA) is 38.5 Å². The molecule has 0 saturated carbocycles. The highest BCUT2D eigenvalue weighted by Gasteiger charge is 2.29. The van der Waals surface area contributed by atoms with Crippen molar-refractivity contribution in [1.29, 1.82) is 0 Å². The Bertz CT molecular complexity index is 389. The van der Waals surface area contributed by atoms with Crippen LogP contribution in [0.15, 0.2) is 24.3 Å².